The van der Waals surface area contributed by atoms with E-state index < -0.39 is 0 Å². The molecule has 2 saturated carbocycles. The van der Waals surface area contributed by atoms with Gasteiger partial charge in [-0.1, -0.05) is 47.0 Å². The fourth-order valence-corrected chi connectivity index (χ4v) is 4.61. The number of rotatable bonds is 3. The topological polar surface area (TPSA) is 0 Å². The highest BCUT2D eigenvalue weighted by Gasteiger charge is 2.48. The van der Waals surface area contributed by atoms with E-state index in [2.05, 4.69) is 27.7 Å². The molecule has 2 rings (SSSR count). The molecule has 0 amide bonds. The summed E-state index contributed by atoms with van der Waals surface area (Å²) < 4.78 is 0. The summed E-state index contributed by atoms with van der Waals surface area (Å²) >= 11 is 0. The molecule has 88 valence electrons. The molecule has 6 unspecified atom stereocenters. The van der Waals surface area contributed by atoms with Crippen LogP contribution >= 0.6 is 0 Å². The van der Waals surface area contributed by atoms with E-state index in [0.29, 0.717) is 0 Å². The van der Waals surface area contributed by atoms with E-state index in [1.165, 1.54) is 25.7 Å². The Morgan fingerprint density at radius 2 is 1.87 bits per heavy atom. The minimum absolute atomic E-state index is 0.966. The molecule has 2 aliphatic carbocycles. The van der Waals surface area contributed by atoms with Crippen LogP contribution in [-0.2, 0) is 0 Å². The van der Waals surface area contributed by atoms with Gasteiger partial charge in [-0.25, -0.2) is 0 Å². The van der Waals surface area contributed by atoms with E-state index in [0.717, 1.165) is 35.5 Å². The first-order chi connectivity index (χ1) is 7.19. The smallest absolute Gasteiger partial charge is 0.0352 e. The zero-order chi connectivity index (χ0) is 11.0. The van der Waals surface area contributed by atoms with Crippen LogP contribution in [0.25, 0.3) is 0 Å². The van der Waals surface area contributed by atoms with Gasteiger partial charge in [-0.2, -0.15) is 0 Å². The molecule has 0 saturated heterocycles. The third kappa shape index (κ3) is 1.85. The summed E-state index contributed by atoms with van der Waals surface area (Å²) in [5.41, 5.74) is 0. The first kappa shape index (κ1) is 11.5. The molecule has 0 heterocycles. The zero-order valence-electron chi connectivity index (χ0n) is 11.0. The summed E-state index contributed by atoms with van der Waals surface area (Å²) in [6.07, 6.45) is 7.42. The van der Waals surface area contributed by atoms with Gasteiger partial charge in [0.1, 0.15) is 0 Å². The zero-order valence-corrected chi connectivity index (χ0v) is 11.0. The van der Waals surface area contributed by atoms with Crippen molar-refractivity contribution >= 4 is 0 Å². The van der Waals surface area contributed by atoms with Gasteiger partial charge in [0.05, 0.1) is 0 Å². The molecule has 0 heteroatoms. The monoisotopic (exact) mass is 208 g/mol. The summed E-state index contributed by atoms with van der Waals surface area (Å²) in [5, 5.41) is 0. The van der Waals surface area contributed by atoms with Crippen LogP contribution < -0.4 is 0 Å². The summed E-state index contributed by atoms with van der Waals surface area (Å²) in [7, 11) is 0. The van der Waals surface area contributed by atoms with Gasteiger partial charge >= 0.3 is 0 Å². The second-order valence-corrected chi connectivity index (χ2v) is 6.24. The van der Waals surface area contributed by atoms with E-state index >= 15 is 0 Å². The lowest BCUT2D eigenvalue weighted by molar-refractivity contribution is 0.224. The largest absolute Gasteiger partial charge is 0.0651 e. The maximum Gasteiger partial charge on any atom is -0.0352 e. The Kier molecular flexibility index (Phi) is 3.42. The van der Waals surface area contributed by atoms with Crippen molar-refractivity contribution < 1.29 is 0 Å². The van der Waals surface area contributed by atoms with Gasteiger partial charge in [0, 0.05) is 0 Å². The molecule has 0 N–H and O–H groups in total. The molecule has 0 aliphatic heterocycles. The Labute approximate surface area is 95.8 Å². The van der Waals surface area contributed by atoms with Gasteiger partial charge in [0.15, 0.2) is 0 Å². The first-order valence-corrected chi connectivity index (χ1v) is 7.19. The van der Waals surface area contributed by atoms with E-state index in [-0.39, 0.29) is 0 Å². The van der Waals surface area contributed by atoms with E-state index in [1.807, 2.05) is 0 Å². The molecule has 0 radical (unpaired) electrons. The molecule has 2 fully saturated rings. The van der Waals surface area contributed by atoms with Gasteiger partial charge in [0.25, 0.3) is 0 Å². The lowest BCUT2D eigenvalue weighted by Gasteiger charge is -2.27. The van der Waals surface area contributed by atoms with Crippen LogP contribution in [0.1, 0.15) is 59.8 Å². The normalized spacial score (nSPS) is 46.8. The van der Waals surface area contributed by atoms with Crippen LogP contribution in [0.4, 0.5) is 0 Å². The van der Waals surface area contributed by atoms with Crippen molar-refractivity contribution in [2.45, 2.75) is 59.8 Å². The second-order valence-electron chi connectivity index (χ2n) is 6.24. The molecular weight excluding hydrogens is 180 g/mol. The third-order valence-corrected chi connectivity index (χ3v) is 5.73. The molecule has 6 atom stereocenters. The van der Waals surface area contributed by atoms with Crippen molar-refractivity contribution in [2.24, 2.45) is 35.5 Å². The SMILES string of the molecule is CCC(C)C1CC2C(C)CCC2C1CC. The van der Waals surface area contributed by atoms with Gasteiger partial charge in [-0.15, -0.1) is 0 Å². The fraction of sp³-hybridized carbons (Fsp3) is 1.00. The van der Waals surface area contributed by atoms with Gasteiger partial charge < -0.3 is 0 Å². The molecule has 0 aromatic rings. The van der Waals surface area contributed by atoms with Crippen molar-refractivity contribution in [3.63, 3.8) is 0 Å². The molecule has 0 spiro atoms. The van der Waals surface area contributed by atoms with Crippen LogP contribution in [0.3, 0.4) is 0 Å². The summed E-state index contributed by atoms with van der Waals surface area (Å²) in [4.78, 5) is 0. The number of fused-ring (bicyclic) bond motifs is 1. The van der Waals surface area contributed by atoms with Gasteiger partial charge in [0.2, 0.25) is 0 Å². The highest BCUT2D eigenvalue weighted by molar-refractivity contribution is 4.97. The predicted molar refractivity (Wildman–Crippen MR) is 66.7 cm³/mol. The minimum atomic E-state index is 0.966. The van der Waals surface area contributed by atoms with Gasteiger partial charge in [-0.05, 0) is 48.3 Å². The predicted octanol–water partition coefficient (Wildman–Crippen LogP) is 4.74. The number of hydrogen-bond donors (Lipinski definition) is 0. The summed E-state index contributed by atoms with van der Waals surface area (Å²) in [5.74, 6) is 6.30. The lowest BCUT2D eigenvalue weighted by atomic mass is 9.78. The third-order valence-electron chi connectivity index (χ3n) is 5.73. The van der Waals surface area contributed by atoms with Crippen LogP contribution in [0.15, 0.2) is 0 Å². The fourth-order valence-electron chi connectivity index (χ4n) is 4.61. The van der Waals surface area contributed by atoms with Crippen molar-refractivity contribution in [3.05, 3.63) is 0 Å². The average molecular weight is 208 g/mol. The van der Waals surface area contributed by atoms with Crippen LogP contribution in [0.2, 0.25) is 0 Å². The van der Waals surface area contributed by atoms with E-state index in [9.17, 15) is 0 Å². The average Bonchev–Trinajstić information content (AvgIpc) is 2.77. The second kappa shape index (κ2) is 4.47. The Morgan fingerprint density at radius 3 is 2.47 bits per heavy atom. The first-order valence-electron chi connectivity index (χ1n) is 7.19. The van der Waals surface area contributed by atoms with Crippen molar-refractivity contribution in [1.82, 2.24) is 0 Å². The maximum absolute atomic E-state index is 2.50. The van der Waals surface area contributed by atoms with E-state index in [1.54, 1.807) is 6.42 Å². The Bertz CT molecular complexity index is 208. The van der Waals surface area contributed by atoms with Crippen LogP contribution in [0, 0.1) is 35.5 Å². The Morgan fingerprint density at radius 1 is 1.13 bits per heavy atom. The molecule has 2 aliphatic rings. The highest BCUT2D eigenvalue weighted by Crippen LogP contribution is 2.56. The lowest BCUT2D eigenvalue weighted by Crippen LogP contribution is -2.19. The number of hydrogen-bond acceptors (Lipinski definition) is 0. The standard InChI is InChI=1S/C15H28/c1-5-10(3)14-9-15-11(4)7-8-13(15)12(14)6-2/h10-15H,5-9H2,1-4H3. The summed E-state index contributed by atoms with van der Waals surface area (Å²) in [6, 6.07) is 0. The van der Waals surface area contributed by atoms with Crippen molar-refractivity contribution in [3.8, 4) is 0 Å². The van der Waals surface area contributed by atoms with Crippen molar-refractivity contribution in [1.29, 1.82) is 0 Å². The molecule has 0 nitrogen and oxygen atoms in total. The highest BCUT2D eigenvalue weighted by atomic mass is 14.5. The molecule has 0 aromatic carbocycles. The quantitative estimate of drug-likeness (QED) is 0.628. The molecule has 15 heavy (non-hydrogen) atoms. The Hall–Kier alpha value is 0. The summed E-state index contributed by atoms with van der Waals surface area (Å²) in [6.45, 7) is 9.77. The molecule has 0 aromatic heterocycles. The van der Waals surface area contributed by atoms with Gasteiger partial charge in [-0.3, -0.25) is 0 Å². The maximum atomic E-state index is 2.50. The minimum Gasteiger partial charge on any atom is -0.0651 e. The van der Waals surface area contributed by atoms with Crippen molar-refractivity contribution in [2.75, 3.05) is 0 Å². The van der Waals surface area contributed by atoms with Crippen LogP contribution in [0.5, 0.6) is 0 Å². The van der Waals surface area contributed by atoms with Crippen LogP contribution in [-0.4, -0.2) is 0 Å². The molecular formula is C15H28. The van der Waals surface area contributed by atoms with E-state index in [4.69, 9.17) is 0 Å². The molecule has 0 bridgehead atoms. The Balaban J connectivity index is 2.09.